The number of benzene rings is 2. The van der Waals surface area contributed by atoms with Gasteiger partial charge in [-0.2, -0.15) is 0 Å². The lowest BCUT2D eigenvalue weighted by atomic mass is 10.0. The summed E-state index contributed by atoms with van der Waals surface area (Å²) in [5.74, 6) is 0.856. The third-order valence-electron chi connectivity index (χ3n) is 6.56. The molecule has 12 nitrogen and oxygen atoms in total. The summed E-state index contributed by atoms with van der Waals surface area (Å²) in [6.45, 7) is 6.37. The minimum Gasteiger partial charge on any atom is -0.491 e. The van der Waals surface area contributed by atoms with Crippen molar-refractivity contribution in [2.24, 2.45) is 0 Å². The van der Waals surface area contributed by atoms with Gasteiger partial charge in [-0.25, -0.2) is 0 Å². The lowest BCUT2D eigenvalue weighted by molar-refractivity contribution is -0.393. The normalized spacial score (nSPS) is 11.0. The quantitative estimate of drug-likeness (QED) is 0.0694. The lowest BCUT2D eigenvalue weighted by Crippen LogP contribution is -2.15. The van der Waals surface area contributed by atoms with Crippen molar-refractivity contribution < 1.29 is 33.5 Å². The van der Waals surface area contributed by atoms with Crippen LogP contribution in [0, 0.1) is 20.2 Å². The second-order valence-electron chi connectivity index (χ2n) is 9.96. The van der Waals surface area contributed by atoms with E-state index < -0.39 is 9.85 Å². The molecule has 0 heterocycles. The smallest absolute Gasteiger partial charge is 0.299 e. The van der Waals surface area contributed by atoms with Gasteiger partial charge in [0.05, 0.1) is 68.8 Å². The molecule has 0 amide bonds. The Bertz CT molecular complexity index is 1040. The largest absolute Gasteiger partial charge is 0.491 e. The van der Waals surface area contributed by atoms with Crippen molar-refractivity contribution in [2.45, 2.75) is 58.3 Å². The number of unbranched alkanes of at least 4 members (excludes halogenated alkanes) is 6. The number of nitro groups is 2. The van der Waals surface area contributed by atoms with E-state index in [9.17, 15) is 20.2 Å². The van der Waals surface area contributed by atoms with E-state index in [0.717, 1.165) is 18.2 Å². The fourth-order valence-corrected chi connectivity index (χ4v) is 4.21. The maximum atomic E-state index is 11.1. The lowest BCUT2D eigenvalue weighted by Gasteiger charge is -2.09. The van der Waals surface area contributed by atoms with Gasteiger partial charge in [-0.15, -0.1) is 0 Å². The molecule has 0 bridgehead atoms. The summed E-state index contributed by atoms with van der Waals surface area (Å²) in [7, 11) is 0. The molecule has 2 aromatic rings. The molecule has 2 rings (SSSR count). The Morgan fingerprint density at radius 1 is 0.651 bits per heavy atom. The van der Waals surface area contributed by atoms with Crippen LogP contribution in [0.15, 0.2) is 42.5 Å². The molecule has 2 aromatic carbocycles. The second kappa shape index (κ2) is 23.2. The van der Waals surface area contributed by atoms with Crippen molar-refractivity contribution in [1.82, 2.24) is 0 Å². The van der Waals surface area contributed by atoms with Crippen LogP contribution in [0.5, 0.6) is 5.75 Å². The molecule has 1 N–H and O–H groups in total. The number of ether oxygens (including phenoxy) is 5. The standard InChI is InChI=1S/C31H47N3O9/c1-2-3-4-5-6-7-8-9-27-10-13-29(14-11-27)43-25-24-42-23-22-41-21-20-40-19-18-39-17-16-32-30-15-12-28(33(35)36)26-31(30)34(37)38/h10-15,26,32H,2-9,16-25H2,1H3. The molecule has 43 heavy (non-hydrogen) atoms. The van der Waals surface area contributed by atoms with Crippen molar-refractivity contribution in [1.29, 1.82) is 0 Å². The summed E-state index contributed by atoms with van der Waals surface area (Å²) in [5.41, 5.74) is 0.863. The van der Waals surface area contributed by atoms with Crippen LogP contribution >= 0.6 is 0 Å². The van der Waals surface area contributed by atoms with Gasteiger partial charge in [0.2, 0.25) is 0 Å². The summed E-state index contributed by atoms with van der Waals surface area (Å²) < 4.78 is 27.7. The minimum absolute atomic E-state index is 0.197. The fraction of sp³-hybridized carbons (Fsp3) is 0.613. The van der Waals surface area contributed by atoms with Crippen LogP contribution in [0.1, 0.15) is 57.4 Å². The SMILES string of the molecule is CCCCCCCCCc1ccc(OCCOCCOCCOCCOCCNc2ccc([N+](=O)[O-])cc2[N+](=O)[O-])cc1. The average molecular weight is 606 g/mol. The molecule has 0 aliphatic rings. The van der Waals surface area contributed by atoms with Gasteiger partial charge in [0.1, 0.15) is 18.0 Å². The van der Waals surface area contributed by atoms with Crippen LogP contribution in [0.25, 0.3) is 0 Å². The van der Waals surface area contributed by atoms with E-state index in [4.69, 9.17) is 23.7 Å². The summed E-state index contributed by atoms with van der Waals surface area (Å²) in [4.78, 5) is 20.6. The van der Waals surface area contributed by atoms with Crippen LogP contribution in [0.3, 0.4) is 0 Å². The van der Waals surface area contributed by atoms with Crippen LogP contribution in [-0.4, -0.2) is 75.9 Å². The molecule has 0 saturated heterocycles. The maximum Gasteiger partial charge on any atom is 0.299 e. The summed E-state index contributed by atoms with van der Waals surface area (Å²) >= 11 is 0. The van der Waals surface area contributed by atoms with Gasteiger partial charge in [0.15, 0.2) is 0 Å². The highest BCUT2D eigenvalue weighted by molar-refractivity contribution is 5.65. The van der Waals surface area contributed by atoms with Crippen molar-refractivity contribution >= 4 is 17.1 Å². The van der Waals surface area contributed by atoms with Crippen molar-refractivity contribution in [3.05, 3.63) is 68.3 Å². The van der Waals surface area contributed by atoms with E-state index in [-0.39, 0.29) is 17.1 Å². The number of nitro benzene ring substituents is 2. The van der Waals surface area contributed by atoms with Crippen molar-refractivity contribution in [3.63, 3.8) is 0 Å². The molecule has 0 radical (unpaired) electrons. The monoisotopic (exact) mass is 605 g/mol. The third kappa shape index (κ3) is 16.8. The number of hydrogen-bond donors (Lipinski definition) is 1. The van der Waals surface area contributed by atoms with Gasteiger partial charge >= 0.3 is 0 Å². The van der Waals surface area contributed by atoms with E-state index in [1.165, 1.54) is 62.6 Å². The molecule has 0 aliphatic heterocycles. The van der Waals surface area contributed by atoms with E-state index in [1.54, 1.807) is 0 Å². The first kappa shape index (κ1) is 35.9. The predicted molar refractivity (Wildman–Crippen MR) is 165 cm³/mol. The molecule has 0 atom stereocenters. The average Bonchev–Trinajstić information content (AvgIpc) is 3.01. The Hall–Kier alpha value is -3.32. The molecule has 0 aliphatic carbocycles. The predicted octanol–water partition coefficient (Wildman–Crippen LogP) is 6.35. The van der Waals surface area contributed by atoms with Crippen LogP contribution in [0.4, 0.5) is 17.1 Å². The minimum atomic E-state index is -0.673. The van der Waals surface area contributed by atoms with Gasteiger partial charge in [-0.1, -0.05) is 57.6 Å². The Labute approximate surface area is 254 Å². The fourth-order valence-electron chi connectivity index (χ4n) is 4.21. The number of nitrogens with one attached hydrogen (secondary N) is 1. The Morgan fingerprint density at radius 3 is 1.79 bits per heavy atom. The van der Waals surface area contributed by atoms with Crippen LogP contribution < -0.4 is 10.1 Å². The summed E-state index contributed by atoms with van der Waals surface area (Å²) in [5, 5.41) is 24.8. The van der Waals surface area contributed by atoms with Gasteiger partial charge in [0.25, 0.3) is 11.4 Å². The maximum absolute atomic E-state index is 11.1. The molecule has 0 unspecified atom stereocenters. The Balaban J connectivity index is 1.36. The molecule has 12 heteroatoms. The van der Waals surface area contributed by atoms with Gasteiger partial charge in [0, 0.05) is 12.6 Å². The number of anilines is 1. The number of nitrogens with zero attached hydrogens (tertiary/aromatic N) is 2. The first-order chi connectivity index (χ1) is 21.0. The number of rotatable bonds is 27. The zero-order chi connectivity index (χ0) is 31.0. The van der Waals surface area contributed by atoms with Crippen molar-refractivity contribution in [2.75, 3.05) is 71.3 Å². The molecular formula is C31H47N3O9. The Kier molecular flexibility index (Phi) is 19.3. The molecule has 0 saturated carbocycles. The molecule has 0 spiro atoms. The van der Waals surface area contributed by atoms with Crippen LogP contribution in [0.2, 0.25) is 0 Å². The number of non-ortho nitro benzene ring substituents is 1. The van der Waals surface area contributed by atoms with E-state index in [0.29, 0.717) is 66.0 Å². The summed E-state index contributed by atoms with van der Waals surface area (Å²) in [6.07, 6.45) is 10.4. The first-order valence-electron chi connectivity index (χ1n) is 15.2. The topological polar surface area (TPSA) is 144 Å². The van der Waals surface area contributed by atoms with Gasteiger partial charge in [-0.3, -0.25) is 20.2 Å². The molecule has 240 valence electrons. The highest BCUT2D eigenvalue weighted by atomic mass is 16.6. The van der Waals surface area contributed by atoms with Crippen molar-refractivity contribution in [3.8, 4) is 5.75 Å². The highest BCUT2D eigenvalue weighted by Gasteiger charge is 2.19. The number of aryl methyl sites for hydroxylation is 1. The van der Waals surface area contributed by atoms with E-state index >= 15 is 0 Å². The van der Waals surface area contributed by atoms with Gasteiger partial charge < -0.3 is 29.0 Å². The summed E-state index contributed by atoms with van der Waals surface area (Å²) in [6, 6.07) is 11.8. The zero-order valence-corrected chi connectivity index (χ0v) is 25.3. The number of hydrogen-bond acceptors (Lipinski definition) is 10. The Morgan fingerprint density at radius 2 is 1.21 bits per heavy atom. The van der Waals surface area contributed by atoms with Crippen LogP contribution in [-0.2, 0) is 25.4 Å². The highest BCUT2D eigenvalue weighted by Crippen LogP contribution is 2.28. The molecule has 0 aromatic heterocycles. The van der Waals surface area contributed by atoms with Gasteiger partial charge in [-0.05, 0) is 36.6 Å². The molecule has 0 fully saturated rings. The van der Waals surface area contributed by atoms with E-state index in [1.807, 2.05) is 12.1 Å². The molecular weight excluding hydrogens is 558 g/mol. The third-order valence-corrected chi connectivity index (χ3v) is 6.56. The zero-order valence-electron chi connectivity index (χ0n) is 25.3. The van der Waals surface area contributed by atoms with E-state index in [2.05, 4.69) is 24.4 Å². The first-order valence-corrected chi connectivity index (χ1v) is 15.2. The second-order valence-corrected chi connectivity index (χ2v) is 9.96.